The quantitative estimate of drug-likeness (QED) is 0.753. The number of ketones is 1. The average Bonchev–Trinajstić information content (AvgIpc) is 2.30. The van der Waals surface area contributed by atoms with Crippen molar-refractivity contribution in [2.45, 2.75) is 20.3 Å². The summed E-state index contributed by atoms with van der Waals surface area (Å²) < 4.78 is 14.3. The lowest BCUT2D eigenvalue weighted by molar-refractivity contribution is 0.0989. The molecule has 0 N–H and O–H groups in total. The second-order valence-electron chi connectivity index (χ2n) is 4.72. The van der Waals surface area contributed by atoms with Crippen molar-refractivity contribution < 1.29 is 9.18 Å². The fourth-order valence-corrected chi connectivity index (χ4v) is 2.52. The summed E-state index contributed by atoms with van der Waals surface area (Å²) in [5.41, 5.74) is 3.27. The molecule has 0 bridgehead atoms. The predicted molar refractivity (Wildman–Crippen MR) is 78.1 cm³/mol. The molecule has 0 heterocycles. The molecule has 3 heteroatoms. The molecule has 2 rings (SSSR count). The van der Waals surface area contributed by atoms with Gasteiger partial charge in [-0.1, -0.05) is 45.3 Å². The standard InChI is InChI=1S/C16H14BrFO/c1-10-5-11(2)7-12(6-10)8-16(19)14-9-13(17)3-4-15(14)18/h3-7,9H,8H2,1-2H3. The topological polar surface area (TPSA) is 17.1 Å². The molecule has 0 saturated heterocycles. The second-order valence-corrected chi connectivity index (χ2v) is 5.64. The first kappa shape index (κ1) is 13.9. The maximum absolute atomic E-state index is 13.6. The monoisotopic (exact) mass is 320 g/mol. The Hall–Kier alpha value is -1.48. The van der Waals surface area contributed by atoms with E-state index in [4.69, 9.17) is 0 Å². The SMILES string of the molecule is Cc1cc(C)cc(CC(=O)c2cc(Br)ccc2F)c1. The lowest BCUT2D eigenvalue weighted by Crippen LogP contribution is -2.06. The summed E-state index contributed by atoms with van der Waals surface area (Å²) in [7, 11) is 0. The van der Waals surface area contributed by atoms with Gasteiger partial charge in [0.05, 0.1) is 5.56 Å². The zero-order chi connectivity index (χ0) is 14.0. The molecule has 0 unspecified atom stereocenters. The zero-order valence-corrected chi connectivity index (χ0v) is 12.4. The Morgan fingerprint density at radius 1 is 1.11 bits per heavy atom. The van der Waals surface area contributed by atoms with Crippen LogP contribution in [0.4, 0.5) is 4.39 Å². The highest BCUT2D eigenvalue weighted by Gasteiger charge is 2.13. The van der Waals surface area contributed by atoms with Gasteiger partial charge in [0.15, 0.2) is 5.78 Å². The fourth-order valence-electron chi connectivity index (χ4n) is 2.16. The average molecular weight is 321 g/mol. The number of hydrogen-bond acceptors (Lipinski definition) is 1. The van der Waals surface area contributed by atoms with Crippen molar-refractivity contribution in [3.63, 3.8) is 0 Å². The third-order valence-corrected chi connectivity index (χ3v) is 3.37. The van der Waals surface area contributed by atoms with Crippen molar-refractivity contribution in [2.75, 3.05) is 0 Å². The number of carbonyl (C=O) groups excluding carboxylic acids is 1. The number of aryl methyl sites for hydroxylation is 2. The number of carbonyl (C=O) groups is 1. The van der Waals surface area contributed by atoms with Crippen LogP contribution in [0.25, 0.3) is 0 Å². The second kappa shape index (κ2) is 5.66. The van der Waals surface area contributed by atoms with E-state index in [2.05, 4.69) is 15.9 Å². The minimum absolute atomic E-state index is 0.133. The van der Waals surface area contributed by atoms with Gasteiger partial charge in [0.25, 0.3) is 0 Å². The summed E-state index contributed by atoms with van der Waals surface area (Å²) in [5, 5.41) is 0. The van der Waals surface area contributed by atoms with Gasteiger partial charge in [0, 0.05) is 10.9 Å². The van der Waals surface area contributed by atoms with E-state index in [1.165, 1.54) is 12.1 Å². The van der Waals surface area contributed by atoms with Crippen LogP contribution in [0.15, 0.2) is 40.9 Å². The van der Waals surface area contributed by atoms with Crippen molar-refractivity contribution in [1.82, 2.24) is 0 Å². The van der Waals surface area contributed by atoms with Gasteiger partial charge in [0.2, 0.25) is 0 Å². The highest BCUT2D eigenvalue weighted by molar-refractivity contribution is 9.10. The highest BCUT2D eigenvalue weighted by atomic mass is 79.9. The van der Waals surface area contributed by atoms with Crippen LogP contribution < -0.4 is 0 Å². The molecule has 0 aliphatic carbocycles. The van der Waals surface area contributed by atoms with Crippen LogP contribution in [0.3, 0.4) is 0 Å². The minimum atomic E-state index is -0.474. The molecule has 0 aliphatic heterocycles. The van der Waals surface area contributed by atoms with Gasteiger partial charge in [-0.2, -0.15) is 0 Å². The molecule has 0 radical (unpaired) electrons. The fraction of sp³-hybridized carbons (Fsp3) is 0.188. The maximum Gasteiger partial charge on any atom is 0.170 e. The summed E-state index contributed by atoms with van der Waals surface area (Å²) in [6.45, 7) is 3.97. The number of hydrogen-bond donors (Lipinski definition) is 0. The lowest BCUT2D eigenvalue weighted by Gasteiger charge is -2.06. The van der Waals surface area contributed by atoms with Crippen molar-refractivity contribution in [1.29, 1.82) is 0 Å². The molecule has 0 saturated carbocycles. The molecule has 98 valence electrons. The first-order chi connectivity index (χ1) is 8.95. The van der Waals surface area contributed by atoms with E-state index in [0.29, 0.717) is 4.47 Å². The number of Topliss-reactive ketones (excluding diaryl/α,β-unsaturated/α-hetero) is 1. The van der Waals surface area contributed by atoms with Gasteiger partial charge in [-0.25, -0.2) is 4.39 Å². The van der Waals surface area contributed by atoms with Gasteiger partial charge in [-0.3, -0.25) is 4.79 Å². The molecule has 2 aromatic carbocycles. The summed E-state index contributed by atoms with van der Waals surface area (Å²) in [6, 6.07) is 10.4. The van der Waals surface area contributed by atoms with Gasteiger partial charge in [-0.05, 0) is 37.6 Å². The molecule has 19 heavy (non-hydrogen) atoms. The Morgan fingerprint density at radius 2 is 1.74 bits per heavy atom. The Morgan fingerprint density at radius 3 is 2.37 bits per heavy atom. The maximum atomic E-state index is 13.6. The van der Waals surface area contributed by atoms with Gasteiger partial charge < -0.3 is 0 Å². The molecule has 0 fully saturated rings. The zero-order valence-electron chi connectivity index (χ0n) is 10.8. The summed E-state index contributed by atoms with van der Waals surface area (Å²) in [4.78, 5) is 12.1. The summed E-state index contributed by atoms with van der Waals surface area (Å²) >= 11 is 3.25. The van der Waals surface area contributed by atoms with Crippen LogP contribution in [-0.4, -0.2) is 5.78 Å². The Bertz CT molecular complexity index is 614. The van der Waals surface area contributed by atoms with Crippen molar-refractivity contribution >= 4 is 21.7 Å². The lowest BCUT2D eigenvalue weighted by atomic mass is 9.99. The molecule has 0 aromatic heterocycles. The number of halogens is 2. The Balaban J connectivity index is 2.28. The van der Waals surface area contributed by atoms with Crippen LogP contribution in [-0.2, 0) is 6.42 Å². The van der Waals surface area contributed by atoms with Gasteiger partial charge in [-0.15, -0.1) is 0 Å². The van der Waals surface area contributed by atoms with Gasteiger partial charge in [0.1, 0.15) is 5.82 Å². The smallest absolute Gasteiger partial charge is 0.170 e. The van der Waals surface area contributed by atoms with E-state index >= 15 is 0 Å². The number of benzene rings is 2. The van der Waals surface area contributed by atoms with Crippen LogP contribution in [0, 0.1) is 19.7 Å². The first-order valence-electron chi connectivity index (χ1n) is 6.01. The van der Waals surface area contributed by atoms with E-state index in [-0.39, 0.29) is 17.8 Å². The third-order valence-electron chi connectivity index (χ3n) is 2.87. The van der Waals surface area contributed by atoms with Crippen LogP contribution in [0.1, 0.15) is 27.0 Å². The van der Waals surface area contributed by atoms with Crippen molar-refractivity contribution in [3.05, 3.63) is 68.9 Å². The normalized spacial score (nSPS) is 10.5. The van der Waals surface area contributed by atoms with E-state index in [1.54, 1.807) is 6.07 Å². The summed E-state index contributed by atoms with van der Waals surface area (Å²) in [5.74, 6) is -0.679. The predicted octanol–water partition coefficient (Wildman–Crippen LogP) is 4.63. The summed E-state index contributed by atoms with van der Waals surface area (Å²) in [6.07, 6.45) is 0.218. The largest absolute Gasteiger partial charge is 0.294 e. The molecular weight excluding hydrogens is 307 g/mol. The van der Waals surface area contributed by atoms with E-state index < -0.39 is 5.82 Å². The Kier molecular flexibility index (Phi) is 4.15. The first-order valence-corrected chi connectivity index (χ1v) is 6.80. The minimum Gasteiger partial charge on any atom is -0.294 e. The van der Waals surface area contributed by atoms with Crippen LogP contribution >= 0.6 is 15.9 Å². The van der Waals surface area contributed by atoms with Crippen LogP contribution in [0.5, 0.6) is 0 Å². The van der Waals surface area contributed by atoms with Crippen LogP contribution in [0.2, 0.25) is 0 Å². The molecule has 0 aliphatic rings. The third kappa shape index (κ3) is 3.51. The van der Waals surface area contributed by atoms with Crippen molar-refractivity contribution in [3.8, 4) is 0 Å². The van der Waals surface area contributed by atoms with E-state index in [0.717, 1.165) is 16.7 Å². The van der Waals surface area contributed by atoms with E-state index in [1.807, 2.05) is 32.0 Å². The Labute approximate surface area is 120 Å². The van der Waals surface area contributed by atoms with E-state index in [9.17, 15) is 9.18 Å². The molecular formula is C16H14BrFO. The molecule has 2 aromatic rings. The number of rotatable bonds is 3. The highest BCUT2D eigenvalue weighted by Crippen LogP contribution is 2.18. The van der Waals surface area contributed by atoms with Crippen molar-refractivity contribution in [2.24, 2.45) is 0 Å². The molecule has 0 amide bonds. The molecule has 0 atom stereocenters. The molecule has 0 spiro atoms. The van der Waals surface area contributed by atoms with Gasteiger partial charge >= 0.3 is 0 Å². The molecule has 1 nitrogen and oxygen atoms in total.